The molecule has 1 aromatic rings. The molecule has 2 bridgehead atoms. The van der Waals surface area contributed by atoms with Crippen LogP contribution in [0.2, 0.25) is 10.0 Å². The van der Waals surface area contributed by atoms with Crippen molar-refractivity contribution in [1.82, 2.24) is 4.90 Å². The third-order valence-corrected chi connectivity index (χ3v) is 6.39. The number of fused-ring (bicyclic) bond motifs is 3. The minimum absolute atomic E-state index is 0.0198. The van der Waals surface area contributed by atoms with Gasteiger partial charge in [-0.05, 0) is 60.8 Å². The number of nitrogens with two attached hydrogens (primary N) is 1. The summed E-state index contributed by atoms with van der Waals surface area (Å²) in [6.45, 7) is 1.33. The molecule has 0 spiro atoms. The molecule has 118 valence electrons. The Kier molecular flexibility index (Phi) is 3.63. The first-order chi connectivity index (χ1) is 10.5. The van der Waals surface area contributed by atoms with Gasteiger partial charge in [0.2, 0.25) is 5.91 Å². The van der Waals surface area contributed by atoms with Gasteiger partial charge in [0.05, 0.1) is 5.92 Å². The molecule has 2 saturated carbocycles. The van der Waals surface area contributed by atoms with Gasteiger partial charge in [-0.3, -0.25) is 4.79 Å². The van der Waals surface area contributed by atoms with Crippen molar-refractivity contribution in [2.24, 2.45) is 23.5 Å². The van der Waals surface area contributed by atoms with Crippen LogP contribution in [0.25, 0.3) is 0 Å². The topological polar surface area (TPSA) is 46.3 Å². The maximum absolute atomic E-state index is 13.0. The van der Waals surface area contributed by atoms with Crippen molar-refractivity contribution in [2.75, 3.05) is 6.54 Å². The molecule has 3 aliphatic rings. The highest BCUT2D eigenvalue weighted by atomic mass is 35.5. The molecular weight excluding hydrogens is 319 g/mol. The molecule has 3 nitrogen and oxygen atoms in total. The van der Waals surface area contributed by atoms with Crippen LogP contribution < -0.4 is 5.73 Å². The van der Waals surface area contributed by atoms with Gasteiger partial charge in [0.25, 0.3) is 0 Å². The predicted octanol–water partition coefficient (Wildman–Crippen LogP) is 3.25. The van der Waals surface area contributed by atoms with Crippen molar-refractivity contribution in [1.29, 1.82) is 0 Å². The highest BCUT2D eigenvalue weighted by Gasteiger charge is 2.50. The normalized spacial score (nSPS) is 33.1. The molecule has 1 heterocycles. The van der Waals surface area contributed by atoms with Crippen molar-refractivity contribution in [3.8, 4) is 0 Å². The van der Waals surface area contributed by atoms with Crippen LogP contribution in [0.1, 0.15) is 30.4 Å². The smallest absolute Gasteiger partial charge is 0.227 e. The van der Waals surface area contributed by atoms with E-state index in [1.54, 1.807) is 6.07 Å². The summed E-state index contributed by atoms with van der Waals surface area (Å²) < 4.78 is 0. The van der Waals surface area contributed by atoms with E-state index < -0.39 is 0 Å². The van der Waals surface area contributed by atoms with Crippen molar-refractivity contribution in [3.05, 3.63) is 33.3 Å². The van der Waals surface area contributed by atoms with Crippen molar-refractivity contribution >= 4 is 29.1 Å². The second-order valence-electron chi connectivity index (χ2n) is 6.97. The van der Waals surface area contributed by atoms with Gasteiger partial charge in [-0.15, -0.1) is 0 Å². The number of benzene rings is 1. The first-order valence-corrected chi connectivity index (χ1v) is 8.81. The number of hydrogen-bond donors (Lipinski definition) is 1. The molecule has 22 heavy (non-hydrogen) atoms. The second-order valence-corrected chi connectivity index (χ2v) is 7.82. The Morgan fingerprint density at radius 1 is 1.23 bits per heavy atom. The largest absolute Gasteiger partial charge is 0.338 e. The summed E-state index contributed by atoms with van der Waals surface area (Å²) in [5, 5.41) is 1.33. The number of carbonyl (C=O) groups excluding carboxylic acids is 1. The maximum atomic E-state index is 13.0. The van der Waals surface area contributed by atoms with Crippen molar-refractivity contribution < 1.29 is 4.79 Å². The molecule has 0 aromatic heterocycles. The number of halogens is 2. The standard InChI is InChI=1S/C17H20Cl2N2O/c18-12-6-9-3-4-21(8-13(9)14(19)7-12)17(22)15-10-1-2-11(5-10)16(15)20/h6-7,10-11,15-16H,1-5,8,20H2. The number of rotatable bonds is 1. The zero-order chi connectivity index (χ0) is 15.4. The summed E-state index contributed by atoms with van der Waals surface area (Å²) in [5.74, 6) is 1.30. The number of amides is 1. The molecule has 2 aliphatic carbocycles. The number of nitrogens with zero attached hydrogens (tertiary/aromatic N) is 1. The Hall–Kier alpha value is -0.770. The Bertz CT molecular complexity index is 631. The first-order valence-electron chi connectivity index (χ1n) is 8.05. The number of carbonyl (C=O) groups is 1. The molecular formula is C17H20Cl2N2O. The third-order valence-electron chi connectivity index (χ3n) is 5.83. The summed E-state index contributed by atoms with van der Waals surface area (Å²) in [6, 6.07) is 3.78. The van der Waals surface area contributed by atoms with Crippen molar-refractivity contribution in [3.63, 3.8) is 0 Å². The van der Waals surface area contributed by atoms with Crippen LogP contribution >= 0.6 is 23.2 Å². The molecule has 4 unspecified atom stereocenters. The van der Waals surface area contributed by atoms with Gasteiger partial charge in [-0.25, -0.2) is 0 Å². The van der Waals surface area contributed by atoms with E-state index in [9.17, 15) is 4.79 Å². The lowest BCUT2D eigenvalue weighted by atomic mass is 9.83. The van der Waals surface area contributed by atoms with Gasteiger partial charge in [0.1, 0.15) is 0 Å². The summed E-state index contributed by atoms with van der Waals surface area (Å²) >= 11 is 12.4. The minimum atomic E-state index is 0.0198. The molecule has 1 amide bonds. The van der Waals surface area contributed by atoms with Crippen LogP contribution in [-0.2, 0) is 17.8 Å². The summed E-state index contributed by atoms with van der Waals surface area (Å²) in [4.78, 5) is 14.9. The quantitative estimate of drug-likeness (QED) is 0.854. The van der Waals surface area contributed by atoms with E-state index in [0.717, 1.165) is 31.4 Å². The molecule has 2 fully saturated rings. The van der Waals surface area contributed by atoms with Gasteiger partial charge in [0.15, 0.2) is 0 Å². The van der Waals surface area contributed by atoms with Crippen LogP contribution in [0, 0.1) is 17.8 Å². The predicted molar refractivity (Wildman–Crippen MR) is 87.9 cm³/mol. The maximum Gasteiger partial charge on any atom is 0.227 e. The Morgan fingerprint density at radius 3 is 2.73 bits per heavy atom. The fraction of sp³-hybridized carbons (Fsp3) is 0.588. The van der Waals surface area contributed by atoms with Crippen molar-refractivity contribution in [2.45, 2.75) is 38.3 Å². The SMILES string of the molecule is NC1C2CCC(C2)C1C(=O)N1CCc2cc(Cl)cc(Cl)c2C1. The second kappa shape index (κ2) is 5.40. The molecule has 1 aromatic carbocycles. The highest BCUT2D eigenvalue weighted by molar-refractivity contribution is 6.35. The molecule has 1 aliphatic heterocycles. The van der Waals surface area contributed by atoms with Gasteiger partial charge < -0.3 is 10.6 Å². The molecule has 0 radical (unpaired) electrons. The monoisotopic (exact) mass is 338 g/mol. The zero-order valence-electron chi connectivity index (χ0n) is 12.4. The molecule has 2 N–H and O–H groups in total. The first kappa shape index (κ1) is 14.8. The van der Waals surface area contributed by atoms with Gasteiger partial charge in [0, 0.05) is 29.2 Å². The van der Waals surface area contributed by atoms with Gasteiger partial charge in [-0.1, -0.05) is 23.2 Å². The summed E-state index contributed by atoms with van der Waals surface area (Å²) in [5.41, 5.74) is 8.53. The van der Waals surface area contributed by atoms with E-state index in [1.807, 2.05) is 11.0 Å². The average Bonchev–Trinajstić information content (AvgIpc) is 3.07. The molecule has 5 heteroatoms. The highest BCUT2D eigenvalue weighted by Crippen LogP contribution is 2.48. The summed E-state index contributed by atoms with van der Waals surface area (Å²) in [6.07, 6.45) is 4.31. The average molecular weight is 339 g/mol. The lowest BCUT2D eigenvalue weighted by Crippen LogP contribution is -2.48. The fourth-order valence-corrected chi connectivity index (χ4v) is 5.28. The van der Waals surface area contributed by atoms with E-state index in [2.05, 4.69) is 0 Å². The van der Waals surface area contributed by atoms with E-state index in [-0.39, 0.29) is 17.9 Å². The van der Waals surface area contributed by atoms with Gasteiger partial charge >= 0.3 is 0 Å². The Balaban J connectivity index is 1.56. The van der Waals surface area contributed by atoms with Crippen LogP contribution in [-0.4, -0.2) is 23.4 Å². The lowest BCUT2D eigenvalue weighted by Gasteiger charge is -2.35. The minimum Gasteiger partial charge on any atom is -0.338 e. The molecule has 4 rings (SSSR count). The zero-order valence-corrected chi connectivity index (χ0v) is 13.9. The Morgan fingerprint density at radius 2 is 2.00 bits per heavy atom. The fourth-order valence-electron chi connectivity index (χ4n) is 4.68. The lowest BCUT2D eigenvalue weighted by molar-refractivity contribution is -0.138. The van der Waals surface area contributed by atoms with Crippen LogP contribution in [0.4, 0.5) is 0 Å². The third kappa shape index (κ3) is 2.26. The van der Waals surface area contributed by atoms with Crippen LogP contribution in [0.3, 0.4) is 0 Å². The van der Waals surface area contributed by atoms with E-state index in [1.165, 1.54) is 12.0 Å². The molecule has 4 atom stereocenters. The number of hydrogen-bond acceptors (Lipinski definition) is 2. The molecule has 0 saturated heterocycles. The van der Waals surface area contributed by atoms with E-state index in [0.29, 0.717) is 28.4 Å². The Labute approximate surface area is 140 Å². The van der Waals surface area contributed by atoms with Crippen LogP contribution in [0.5, 0.6) is 0 Å². The van der Waals surface area contributed by atoms with Gasteiger partial charge in [-0.2, -0.15) is 0 Å². The van der Waals surface area contributed by atoms with Crippen LogP contribution in [0.15, 0.2) is 12.1 Å². The van der Waals surface area contributed by atoms with E-state index >= 15 is 0 Å². The van der Waals surface area contributed by atoms with E-state index in [4.69, 9.17) is 28.9 Å². The summed E-state index contributed by atoms with van der Waals surface area (Å²) in [7, 11) is 0.